The Bertz CT molecular complexity index is 976. The zero-order valence-electron chi connectivity index (χ0n) is 14.9. The molecular formula is C22H20N2O2S. The number of furan rings is 1. The molecule has 5 heteroatoms. The van der Waals surface area contributed by atoms with Gasteiger partial charge in [0.2, 0.25) is 0 Å². The molecule has 0 fully saturated rings. The average molecular weight is 376 g/mol. The van der Waals surface area contributed by atoms with E-state index in [2.05, 4.69) is 17.1 Å². The second-order valence-electron chi connectivity index (χ2n) is 6.39. The van der Waals surface area contributed by atoms with Gasteiger partial charge in [-0.1, -0.05) is 48.5 Å². The fraction of sp³-hybridized carbons (Fsp3) is 0.182. The van der Waals surface area contributed by atoms with Crippen molar-refractivity contribution < 1.29 is 9.21 Å². The highest BCUT2D eigenvalue weighted by molar-refractivity contribution is 7.09. The zero-order valence-corrected chi connectivity index (χ0v) is 15.7. The van der Waals surface area contributed by atoms with Crippen molar-refractivity contribution in [1.82, 2.24) is 9.88 Å². The number of amides is 1. The molecular weight excluding hydrogens is 356 g/mol. The molecule has 2 heterocycles. The van der Waals surface area contributed by atoms with Crippen LogP contribution in [0.5, 0.6) is 0 Å². The van der Waals surface area contributed by atoms with Crippen molar-refractivity contribution in [2.75, 3.05) is 6.54 Å². The molecule has 0 aliphatic rings. The van der Waals surface area contributed by atoms with Gasteiger partial charge in [-0.25, -0.2) is 4.98 Å². The molecule has 0 spiro atoms. The average Bonchev–Trinajstić information content (AvgIpc) is 3.37. The van der Waals surface area contributed by atoms with Crippen LogP contribution in [0.4, 0.5) is 0 Å². The summed E-state index contributed by atoms with van der Waals surface area (Å²) in [6, 6.07) is 19.9. The molecule has 0 atom stereocenters. The van der Waals surface area contributed by atoms with Crippen LogP contribution in [0.25, 0.3) is 11.0 Å². The summed E-state index contributed by atoms with van der Waals surface area (Å²) in [5.41, 5.74) is 2.02. The smallest absolute Gasteiger partial charge is 0.289 e. The fourth-order valence-corrected chi connectivity index (χ4v) is 3.74. The van der Waals surface area contributed by atoms with E-state index in [0.717, 1.165) is 28.8 Å². The molecule has 1 amide bonds. The molecule has 2 aromatic carbocycles. The maximum absolute atomic E-state index is 13.1. The summed E-state index contributed by atoms with van der Waals surface area (Å²) in [5.74, 6) is 0.293. The van der Waals surface area contributed by atoms with Crippen molar-refractivity contribution in [2.24, 2.45) is 0 Å². The van der Waals surface area contributed by atoms with E-state index in [0.29, 0.717) is 18.8 Å². The van der Waals surface area contributed by atoms with Gasteiger partial charge in [0.05, 0.1) is 6.54 Å². The first kappa shape index (κ1) is 17.5. The van der Waals surface area contributed by atoms with Crippen LogP contribution < -0.4 is 0 Å². The van der Waals surface area contributed by atoms with Crippen molar-refractivity contribution in [3.8, 4) is 0 Å². The number of aromatic nitrogens is 1. The van der Waals surface area contributed by atoms with Gasteiger partial charge in [0.15, 0.2) is 5.76 Å². The van der Waals surface area contributed by atoms with Crippen LogP contribution in [0, 0.1) is 0 Å². The number of aryl methyl sites for hydroxylation is 1. The van der Waals surface area contributed by atoms with Gasteiger partial charge in [0.1, 0.15) is 10.6 Å². The van der Waals surface area contributed by atoms with Crippen molar-refractivity contribution in [3.63, 3.8) is 0 Å². The van der Waals surface area contributed by atoms with Crippen LogP contribution in [0.2, 0.25) is 0 Å². The van der Waals surface area contributed by atoms with Crippen LogP contribution in [0.3, 0.4) is 0 Å². The molecule has 136 valence electrons. The Labute approximate surface area is 162 Å². The zero-order chi connectivity index (χ0) is 18.5. The number of carbonyl (C=O) groups is 1. The SMILES string of the molecule is O=C(c1cc2ccccc2o1)N(CCCc1ccccc1)Cc1nccs1. The topological polar surface area (TPSA) is 46.3 Å². The standard InChI is InChI=1S/C22H20N2O2S/c25-22(20-15-18-10-4-5-11-19(18)26-20)24(16-21-23-12-14-27-21)13-6-9-17-7-2-1-3-8-17/h1-5,7-8,10-12,14-15H,6,9,13,16H2. The lowest BCUT2D eigenvalue weighted by Crippen LogP contribution is -2.31. The van der Waals surface area contributed by atoms with E-state index in [-0.39, 0.29) is 5.91 Å². The monoisotopic (exact) mass is 376 g/mol. The number of fused-ring (bicyclic) bond motifs is 1. The minimum Gasteiger partial charge on any atom is -0.451 e. The number of thiazole rings is 1. The van der Waals surface area contributed by atoms with E-state index >= 15 is 0 Å². The van der Waals surface area contributed by atoms with E-state index in [4.69, 9.17) is 4.42 Å². The summed E-state index contributed by atoms with van der Waals surface area (Å²) in [6.07, 6.45) is 3.60. The molecule has 0 N–H and O–H groups in total. The minimum absolute atomic E-state index is 0.0885. The highest BCUT2D eigenvalue weighted by Gasteiger charge is 2.20. The van der Waals surface area contributed by atoms with Gasteiger partial charge in [-0.3, -0.25) is 4.79 Å². The van der Waals surface area contributed by atoms with E-state index in [1.807, 2.05) is 58.8 Å². The number of rotatable bonds is 7. The molecule has 2 aromatic heterocycles. The summed E-state index contributed by atoms with van der Waals surface area (Å²) in [6.45, 7) is 1.16. The largest absolute Gasteiger partial charge is 0.451 e. The van der Waals surface area contributed by atoms with Gasteiger partial charge in [-0.15, -0.1) is 11.3 Å². The van der Waals surface area contributed by atoms with E-state index in [1.165, 1.54) is 5.56 Å². The lowest BCUT2D eigenvalue weighted by Gasteiger charge is -2.20. The Balaban J connectivity index is 1.50. The predicted molar refractivity (Wildman–Crippen MR) is 108 cm³/mol. The quantitative estimate of drug-likeness (QED) is 0.447. The van der Waals surface area contributed by atoms with Crippen molar-refractivity contribution in [1.29, 1.82) is 0 Å². The third-order valence-electron chi connectivity index (χ3n) is 4.47. The lowest BCUT2D eigenvalue weighted by molar-refractivity contribution is 0.0711. The van der Waals surface area contributed by atoms with Gasteiger partial charge in [-0.05, 0) is 30.5 Å². The summed E-state index contributed by atoms with van der Waals surface area (Å²) in [4.78, 5) is 19.3. The molecule has 0 radical (unpaired) electrons. The molecule has 0 aliphatic heterocycles. The summed E-state index contributed by atoms with van der Waals surface area (Å²) in [5, 5.41) is 3.81. The highest BCUT2D eigenvalue weighted by Crippen LogP contribution is 2.21. The number of para-hydroxylation sites is 1. The third-order valence-corrected chi connectivity index (χ3v) is 5.23. The van der Waals surface area contributed by atoms with Crippen molar-refractivity contribution in [3.05, 3.63) is 88.6 Å². The number of benzene rings is 2. The lowest BCUT2D eigenvalue weighted by atomic mass is 10.1. The highest BCUT2D eigenvalue weighted by atomic mass is 32.1. The molecule has 0 saturated heterocycles. The van der Waals surface area contributed by atoms with Gasteiger partial charge in [-0.2, -0.15) is 0 Å². The number of carbonyl (C=O) groups excluding carboxylic acids is 1. The molecule has 0 bridgehead atoms. The van der Waals surface area contributed by atoms with Crippen LogP contribution in [0.15, 0.2) is 76.7 Å². The molecule has 27 heavy (non-hydrogen) atoms. The molecule has 4 nitrogen and oxygen atoms in total. The van der Waals surface area contributed by atoms with Gasteiger partial charge < -0.3 is 9.32 Å². The summed E-state index contributed by atoms with van der Waals surface area (Å²) >= 11 is 1.56. The normalized spacial score (nSPS) is 11.0. The minimum atomic E-state index is -0.0885. The molecule has 0 aliphatic carbocycles. The number of nitrogens with zero attached hydrogens (tertiary/aromatic N) is 2. The second-order valence-corrected chi connectivity index (χ2v) is 7.37. The molecule has 0 unspecified atom stereocenters. The Kier molecular flexibility index (Phi) is 5.30. The molecule has 4 rings (SSSR count). The maximum Gasteiger partial charge on any atom is 0.289 e. The maximum atomic E-state index is 13.1. The van der Waals surface area contributed by atoms with Gasteiger partial charge in [0.25, 0.3) is 5.91 Å². The number of hydrogen-bond acceptors (Lipinski definition) is 4. The van der Waals surface area contributed by atoms with E-state index < -0.39 is 0 Å². The Morgan fingerprint density at radius 1 is 1.07 bits per heavy atom. The van der Waals surface area contributed by atoms with Gasteiger partial charge >= 0.3 is 0 Å². The van der Waals surface area contributed by atoms with Crippen molar-refractivity contribution in [2.45, 2.75) is 19.4 Å². The first-order valence-corrected chi connectivity index (χ1v) is 9.88. The van der Waals surface area contributed by atoms with E-state index in [1.54, 1.807) is 17.5 Å². The van der Waals surface area contributed by atoms with Crippen LogP contribution in [-0.2, 0) is 13.0 Å². The second kappa shape index (κ2) is 8.18. The first-order chi connectivity index (χ1) is 13.3. The van der Waals surface area contributed by atoms with E-state index in [9.17, 15) is 4.79 Å². The first-order valence-electron chi connectivity index (χ1n) is 9.00. The van der Waals surface area contributed by atoms with Crippen LogP contribution in [-0.4, -0.2) is 22.3 Å². The summed E-state index contributed by atoms with van der Waals surface area (Å²) in [7, 11) is 0. The van der Waals surface area contributed by atoms with Crippen LogP contribution >= 0.6 is 11.3 Å². The Hall–Kier alpha value is -2.92. The molecule has 4 aromatic rings. The Morgan fingerprint density at radius 2 is 1.89 bits per heavy atom. The van der Waals surface area contributed by atoms with Crippen molar-refractivity contribution >= 4 is 28.2 Å². The van der Waals surface area contributed by atoms with Gasteiger partial charge in [0, 0.05) is 23.5 Å². The molecule has 0 saturated carbocycles. The number of hydrogen-bond donors (Lipinski definition) is 0. The Morgan fingerprint density at radius 3 is 2.67 bits per heavy atom. The third kappa shape index (κ3) is 4.26. The predicted octanol–water partition coefficient (Wildman–Crippen LogP) is 5.16. The van der Waals surface area contributed by atoms with Crippen LogP contribution in [0.1, 0.15) is 27.5 Å². The summed E-state index contributed by atoms with van der Waals surface area (Å²) < 4.78 is 5.79. The fourth-order valence-electron chi connectivity index (χ4n) is 3.11.